The zero-order valence-electron chi connectivity index (χ0n) is 11.2. The molecular weight excluding hydrogens is 272 g/mol. The summed E-state index contributed by atoms with van der Waals surface area (Å²) in [6, 6.07) is 13.7. The van der Waals surface area contributed by atoms with E-state index in [0.29, 0.717) is 5.56 Å². The van der Waals surface area contributed by atoms with Crippen LogP contribution >= 0.6 is 0 Å². The summed E-state index contributed by atoms with van der Waals surface area (Å²) in [6.45, 7) is 1.73. The molecule has 0 radical (unpaired) electrons. The van der Waals surface area contributed by atoms with Crippen LogP contribution in [-0.4, -0.2) is 19.4 Å². The van der Waals surface area contributed by atoms with Gasteiger partial charge in [-0.3, -0.25) is 4.99 Å². The molecule has 0 aliphatic carbocycles. The third-order valence-electron chi connectivity index (χ3n) is 2.82. The number of rotatable bonds is 1. The van der Waals surface area contributed by atoms with E-state index < -0.39 is 0 Å². The van der Waals surface area contributed by atoms with Crippen molar-refractivity contribution in [3.8, 4) is 6.07 Å². The second-order valence-corrected chi connectivity index (χ2v) is 4.31. The first-order chi connectivity index (χ1) is 10.2. The van der Waals surface area contributed by atoms with Crippen LogP contribution in [0.2, 0.25) is 0 Å². The second-order valence-electron chi connectivity index (χ2n) is 4.31. The Morgan fingerprint density at radius 2 is 1.52 bits per heavy atom. The summed E-state index contributed by atoms with van der Waals surface area (Å²) >= 11 is 0. The quantitative estimate of drug-likeness (QED) is 0.806. The van der Waals surface area contributed by atoms with Gasteiger partial charge in [0.15, 0.2) is 0 Å². The van der Waals surface area contributed by atoms with Crippen molar-refractivity contribution in [3.63, 3.8) is 0 Å². The third-order valence-corrected chi connectivity index (χ3v) is 2.82. The Morgan fingerprint density at radius 1 is 0.952 bits per heavy atom. The molecule has 0 unspecified atom stereocenters. The first-order valence-electron chi connectivity index (χ1n) is 6.37. The van der Waals surface area contributed by atoms with Gasteiger partial charge in [0.2, 0.25) is 0 Å². The van der Waals surface area contributed by atoms with Gasteiger partial charge in [-0.15, -0.1) is 0 Å². The van der Waals surface area contributed by atoms with E-state index >= 15 is 0 Å². The molecule has 1 aliphatic heterocycles. The standard InChI is InChI=1S/C9H9FN2.C7H4FN/c10-8-1-3-9(4-2-8)12-6-5-11-7-12;8-7-3-1-6(5-9)2-4-7/h1-4,7H,5-6H2;1-4H. The maximum absolute atomic E-state index is 12.5. The lowest BCUT2D eigenvalue weighted by Gasteiger charge is -2.12. The first-order valence-corrected chi connectivity index (χ1v) is 6.37. The van der Waals surface area contributed by atoms with Crippen LogP contribution in [0.1, 0.15) is 5.56 Å². The van der Waals surface area contributed by atoms with Gasteiger partial charge in [0.1, 0.15) is 11.6 Å². The van der Waals surface area contributed by atoms with E-state index in [1.807, 2.05) is 11.0 Å². The van der Waals surface area contributed by atoms with E-state index in [1.165, 1.54) is 36.4 Å². The van der Waals surface area contributed by atoms with E-state index in [4.69, 9.17) is 5.26 Å². The van der Waals surface area contributed by atoms with Crippen LogP contribution < -0.4 is 4.90 Å². The number of halogens is 2. The molecule has 0 spiro atoms. The van der Waals surface area contributed by atoms with Crippen LogP contribution in [0.4, 0.5) is 14.5 Å². The Bertz CT molecular complexity index is 643. The molecule has 2 aromatic rings. The molecule has 0 aromatic heterocycles. The fourth-order valence-corrected chi connectivity index (χ4v) is 1.73. The van der Waals surface area contributed by atoms with Gasteiger partial charge in [-0.2, -0.15) is 5.26 Å². The van der Waals surface area contributed by atoms with E-state index in [0.717, 1.165) is 18.8 Å². The van der Waals surface area contributed by atoms with Crippen LogP contribution in [0.3, 0.4) is 0 Å². The summed E-state index contributed by atoms with van der Waals surface area (Å²) in [5.41, 5.74) is 1.48. The fourth-order valence-electron chi connectivity index (χ4n) is 1.73. The largest absolute Gasteiger partial charge is 0.331 e. The van der Waals surface area contributed by atoms with Crippen molar-refractivity contribution in [1.29, 1.82) is 5.26 Å². The van der Waals surface area contributed by atoms with Gasteiger partial charge in [-0.1, -0.05) is 0 Å². The SMILES string of the molecule is Fc1ccc(N2C=NCC2)cc1.N#Cc1ccc(F)cc1. The molecule has 0 N–H and O–H groups in total. The average molecular weight is 285 g/mol. The normalized spacial score (nSPS) is 12.5. The fraction of sp³-hybridized carbons (Fsp3) is 0.125. The molecule has 2 aromatic carbocycles. The molecule has 0 amide bonds. The predicted octanol–water partition coefficient (Wildman–Crippen LogP) is 3.37. The third kappa shape index (κ3) is 4.39. The van der Waals surface area contributed by atoms with Gasteiger partial charge in [0, 0.05) is 12.2 Å². The summed E-state index contributed by atoms with van der Waals surface area (Å²) < 4.78 is 24.6. The molecular formula is C16H13F2N3. The van der Waals surface area contributed by atoms with Gasteiger partial charge in [-0.25, -0.2) is 8.78 Å². The highest BCUT2D eigenvalue weighted by Crippen LogP contribution is 2.14. The highest BCUT2D eigenvalue weighted by Gasteiger charge is 2.06. The molecule has 0 fully saturated rings. The number of hydrogen-bond acceptors (Lipinski definition) is 3. The topological polar surface area (TPSA) is 39.4 Å². The van der Waals surface area contributed by atoms with Crippen LogP contribution in [0, 0.1) is 23.0 Å². The molecule has 1 aliphatic rings. The minimum atomic E-state index is -0.311. The maximum atomic E-state index is 12.5. The summed E-state index contributed by atoms with van der Waals surface area (Å²) in [4.78, 5) is 6.07. The Morgan fingerprint density at radius 3 is 2.00 bits per heavy atom. The number of aliphatic imine (C=N–C) groups is 1. The molecule has 5 heteroatoms. The Hall–Kier alpha value is -2.74. The van der Waals surface area contributed by atoms with Gasteiger partial charge in [0.25, 0.3) is 0 Å². The second kappa shape index (κ2) is 7.15. The molecule has 0 bridgehead atoms. The lowest BCUT2D eigenvalue weighted by Crippen LogP contribution is -2.17. The maximum Gasteiger partial charge on any atom is 0.123 e. The number of hydrogen-bond donors (Lipinski definition) is 0. The Kier molecular flexibility index (Phi) is 4.99. The monoisotopic (exact) mass is 285 g/mol. The lowest BCUT2D eigenvalue weighted by molar-refractivity contribution is 0.627. The number of anilines is 1. The van der Waals surface area contributed by atoms with Crippen molar-refractivity contribution in [2.24, 2.45) is 4.99 Å². The smallest absolute Gasteiger partial charge is 0.123 e. The van der Waals surface area contributed by atoms with Crippen LogP contribution in [0.5, 0.6) is 0 Å². The van der Waals surface area contributed by atoms with Crippen LogP contribution in [0.15, 0.2) is 53.5 Å². The average Bonchev–Trinajstić information content (AvgIpc) is 3.04. The molecule has 0 saturated heterocycles. The Balaban J connectivity index is 0.000000161. The summed E-state index contributed by atoms with van der Waals surface area (Å²) in [5.74, 6) is -0.510. The van der Waals surface area contributed by atoms with E-state index in [2.05, 4.69) is 4.99 Å². The number of nitrogens with zero attached hydrogens (tertiary/aromatic N) is 3. The summed E-state index contributed by atoms with van der Waals surface area (Å²) in [7, 11) is 0. The van der Waals surface area contributed by atoms with Crippen molar-refractivity contribution >= 4 is 12.0 Å². The highest BCUT2D eigenvalue weighted by molar-refractivity contribution is 5.80. The van der Waals surface area contributed by atoms with Gasteiger partial charge in [0.05, 0.1) is 24.5 Å². The zero-order chi connectivity index (χ0) is 15.1. The van der Waals surface area contributed by atoms with Crippen molar-refractivity contribution in [2.45, 2.75) is 0 Å². The van der Waals surface area contributed by atoms with Crippen molar-refractivity contribution < 1.29 is 8.78 Å². The highest BCUT2D eigenvalue weighted by atomic mass is 19.1. The van der Waals surface area contributed by atoms with Gasteiger partial charge >= 0.3 is 0 Å². The number of nitriles is 1. The van der Waals surface area contributed by atoms with E-state index in [1.54, 1.807) is 18.5 Å². The van der Waals surface area contributed by atoms with Crippen LogP contribution in [-0.2, 0) is 0 Å². The number of benzene rings is 2. The van der Waals surface area contributed by atoms with E-state index in [9.17, 15) is 8.78 Å². The lowest BCUT2D eigenvalue weighted by atomic mass is 10.2. The molecule has 1 heterocycles. The van der Waals surface area contributed by atoms with Crippen molar-refractivity contribution in [3.05, 3.63) is 65.7 Å². The first kappa shape index (κ1) is 14.7. The molecule has 3 rings (SSSR count). The minimum Gasteiger partial charge on any atom is -0.331 e. The predicted molar refractivity (Wildman–Crippen MR) is 78.2 cm³/mol. The molecule has 0 saturated carbocycles. The minimum absolute atomic E-state index is 0.199. The van der Waals surface area contributed by atoms with Gasteiger partial charge < -0.3 is 4.90 Å². The Labute approximate surface area is 121 Å². The molecule has 21 heavy (non-hydrogen) atoms. The summed E-state index contributed by atoms with van der Waals surface area (Å²) in [6.07, 6.45) is 1.78. The van der Waals surface area contributed by atoms with Crippen molar-refractivity contribution in [1.82, 2.24) is 0 Å². The van der Waals surface area contributed by atoms with Gasteiger partial charge in [-0.05, 0) is 48.5 Å². The van der Waals surface area contributed by atoms with E-state index in [-0.39, 0.29) is 11.6 Å². The molecule has 3 nitrogen and oxygen atoms in total. The molecule has 0 atom stereocenters. The van der Waals surface area contributed by atoms with Crippen molar-refractivity contribution in [2.75, 3.05) is 18.0 Å². The molecule has 106 valence electrons. The summed E-state index contributed by atoms with van der Waals surface area (Å²) in [5, 5.41) is 8.26. The van der Waals surface area contributed by atoms with Crippen LogP contribution in [0.25, 0.3) is 0 Å². The zero-order valence-corrected chi connectivity index (χ0v) is 11.2.